The third kappa shape index (κ3) is 2.60. The van der Waals surface area contributed by atoms with E-state index >= 15 is 0 Å². The first kappa shape index (κ1) is 9.76. The van der Waals surface area contributed by atoms with Gasteiger partial charge in [0.1, 0.15) is 5.01 Å². The quantitative estimate of drug-likeness (QED) is 0.867. The molecule has 0 aliphatic heterocycles. The highest BCUT2D eigenvalue weighted by Gasteiger charge is 1.98. The standard InChI is InChI=1S/C9H11N3S2/c1-7-2-12-9(14-7)5-10-3-8-4-11-6-13-8/h2,4,6,10H,3,5H2,1H3. The van der Waals surface area contributed by atoms with Crippen molar-refractivity contribution in [3.63, 3.8) is 0 Å². The molecule has 1 N–H and O–H groups in total. The van der Waals surface area contributed by atoms with E-state index < -0.39 is 0 Å². The molecule has 2 heterocycles. The summed E-state index contributed by atoms with van der Waals surface area (Å²) in [6, 6.07) is 0. The lowest BCUT2D eigenvalue weighted by Gasteiger charge is -1.98. The maximum Gasteiger partial charge on any atom is 0.107 e. The van der Waals surface area contributed by atoms with Gasteiger partial charge in [0, 0.05) is 35.2 Å². The molecule has 0 aliphatic rings. The maximum atomic E-state index is 4.28. The Bertz CT molecular complexity index is 380. The summed E-state index contributed by atoms with van der Waals surface area (Å²) in [4.78, 5) is 10.8. The Hall–Kier alpha value is -0.780. The fraction of sp³-hybridized carbons (Fsp3) is 0.333. The van der Waals surface area contributed by atoms with Crippen LogP contribution in [0, 0.1) is 6.92 Å². The molecule has 74 valence electrons. The van der Waals surface area contributed by atoms with E-state index in [1.807, 2.05) is 17.9 Å². The molecule has 2 aromatic heterocycles. The molecular formula is C9H11N3S2. The van der Waals surface area contributed by atoms with Crippen molar-refractivity contribution in [2.75, 3.05) is 0 Å². The summed E-state index contributed by atoms with van der Waals surface area (Å²) in [5.41, 5.74) is 1.85. The van der Waals surface area contributed by atoms with Gasteiger partial charge in [0.2, 0.25) is 0 Å². The van der Waals surface area contributed by atoms with Crippen LogP contribution in [0.25, 0.3) is 0 Å². The second-order valence-corrected chi connectivity index (χ2v) is 5.23. The molecule has 0 atom stereocenters. The van der Waals surface area contributed by atoms with Gasteiger partial charge in [-0.15, -0.1) is 22.7 Å². The fourth-order valence-electron chi connectivity index (χ4n) is 1.11. The average Bonchev–Trinajstić information content (AvgIpc) is 2.77. The monoisotopic (exact) mass is 225 g/mol. The number of hydrogen-bond donors (Lipinski definition) is 1. The molecule has 0 radical (unpaired) electrons. The number of nitrogens with zero attached hydrogens (tertiary/aromatic N) is 2. The van der Waals surface area contributed by atoms with E-state index in [9.17, 15) is 0 Å². The van der Waals surface area contributed by atoms with E-state index in [1.165, 1.54) is 9.75 Å². The largest absolute Gasteiger partial charge is 0.305 e. The zero-order valence-corrected chi connectivity index (χ0v) is 9.49. The molecule has 0 fully saturated rings. The van der Waals surface area contributed by atoms with Gasteiger partial charge in [-0.3, -0.25) is 4.98 Å². The number of hydrogen-bond acceptors (Lipinski definition) is 5. The summed E-state index contributed by atoms with van der Waals surface area (Å²) >= 11 is 3.41. The van der Waals surface area contributed by atoms with Crippen LogP contribution in [0.5, 0.6) is 0 Å². The van der Waals surface area contributed by atoms with Crippen LogP contribution in [-0.4, -0.2) is 9.97 Å². The first-order valence-electron chi connectivity index (χ1n) is 4.34. The Labute approximate surface area is 90.9 Å². The van der Waals surface area contributed by atoms with Gasteiger partial charge in [-0.2, -0.15) is 0 Å². The molecule has 0 amide bonds. The van der Waals surface area contributed by atoms with Crippen LogP contribution in [-0.2, 0) is 13.1 Å². The molecule has 0 saturated heterocycles. The van der Waals surface area contributed by atoms with Crippen molar-refractivity contribution >= 4 is 22.7 Å². The van der Waals surface area contributed by atoms with Gasteiger partial charge >= 0.3 is 0 Å². The molecule has 5 heteroatoms. The number of rotatable bonds is 4. The minimum absolute atomic E-state index is 0.844. The molecular weight excluding hydrogens is 214 g/mol. The van der Waals surface area contributed by atoms with Gasteiger partial charge < -0.3 is 5.32 Å². The van der Waals surface area contributed by atoms with Crippen LogP contribution in [0.1, 0.15) is 14.8 Å². The predicted octanol–water partition coefficient (Wildman–Crippen LogP) is 2.20. The van der Waals surface area contributed by atoms with Crippen LogP contribution in [0.3, 0.4) is 0 Å². The van der Waals surface area contributed by atoms with Crippen LogP contribution < -0.4 is 5.32 Å². The first-order chi connectivity index (χ1) is 6.84. The lowest BCUT2D eigenvalue weighted by atomic mass is 10.5. The molecule has 3 nitrogen and oxygen atoms in total. The zero-order valence-electron chi connectivity index (χ0n) is 7.86. The van der Waals surface area contributed by atoms with Gasteiger partial charge in [0.15, 0.2) is 0 Å². The van der Waals surface area contributed by atoms with Crippen LogP contribution in [0.15, 0.2) is 17.9 Å². The van der Waals surface area contributed by atoms with Crippen molar-refractivity contribution in [1.29, 1.82) is 0 Å². The van der Waals surface area contributed by atoms with Gasteiger partial charge in [-0.25, -0.2) is 4.98 Å². The minimum atomic E-state index is 0.844. The summed E-state index contributed by atoms with van der Waals surface area (Å²) in [6.45, 7) is 3.80. The Morgan fingerprint density at radius 3 is 2.93 bits per heavy atom. The maximum absolute atomic E-state index is 4.28. The minimum Gasteiger partial charge on any atom is -0.305 e. The van der Waals surface area contributed by atoms with Crippen LogP contribution in [0.2, 0.25) is 0 Å². The highest BCUT2D eigenvalue weighted by molar-refractivity contribution is 7.11. The molecule has 0 spiro atoms. The third-order valence-corrected chi connectivity index (χ3v) is 3.42. The lowest BCUT2D eigenvalue weighted by Crippen LogP contribution is -2.11. The summed E-state index contributed by atoms with van der Waals surface area (Å²) in [5.74, 6) is 0. The molecule has 2 aromatic rings. The molecule has 14 heavy (non-hydrogen) atoms. The number of nitrogens with one attached hydrogen (secondary N) is 1. The fourth-order valence-corrected chi connectivity index (χ4v) is 2.43. The smallest absolute Gasteiger partial charge is 0.107 e. The number of aromatic nitrogens is 2. The Kier molecular flexibility index (Phi) is 3.23. The highest BCUT2D eigenvalue weighted by Crippen LogP contribution is 2.11. The summed E-state index contributed by atoms with van der Waals surface area (Å²) in [5, 5.41) is 4.48. The second-order valence-electron chi connectivity index (χ2n) is 2.94. The van der Waals surface area contributed by atoms with Gasteiger partial charge in [0.25, 0.3) is 0 Å². The normalized spacial score (nSPS) is 10.6. The highest BCUT2D eigenvalue weighted by atomic mass is 32.1. The predicted molar refractivity (Wildman–Crippen MR) is 59.5 cm³/mol. The molecule has 0 unspecified atom stereocenters. The Morgan fingerprint density at radius 2 is 2.29 bits per heavy atom. The van der Waals surface area contributed by atoms with E-state index in [0.717, 1.165) is 18.1 Å². The molecule has 0 saturated carbocycles. The molecule has 0 aromatic carbocycles. The van der Waals surface area contributed by atoms with E-state index in [0.29, 0.717) is 0 Å². The van der Waals surface area contributed by atoms with Crippen molar-refractivity contribution in [1.82, 2.24) is 15.3 Å². The summed E-state index contributed by atoms with van der Waals surface area (Å²) < 4.78 is 0. The number of aryl methyl sites for hydroxylation is 1. The number of thiazole rings is 2. The van der Waals surface area contributed by atoms with Gasteiger partial charge in [-0.1, -0.05) is 0 Å². The molecule has 0 bridgehead atoms. The van der Waals surface area contributed by atoms with Crippen molar-refractivity contribution in [3.05, 3.63) is 32.7 Å². The third-order valence-electron chi connectivity index (χ3n) is 1.73. The van der Waals surface area contributed by atoms with Crippen molar-refractivity contribution in [3.8, 4) is 0 Å². The Balaban J connectivity index is 1.78. The van der Waals surface area contributed by atoms with Crippen LogP contribution in [0.4, 0.5) is 0 Å². The van der Waals surface area contributed by atoms with E-state index in [1.54, 1.807) is 22.7 Å². The van der Waals surface area contributed by atoms with E-state index in [2.05, 4.69) is 22.2 Å². The molecule has 2 rings (SSSR count). The summed E-state index contributed by atoms with van der Waals surface area (Å²) in [6.07, 6.45) is 3.80. The van der Waals surface area contributed by atoms with Gasteiger partial charge in [-0.05, 0) is 6.92 Å². The summed E-state index contributed by atoms with van der Waals surface area (Å²) in [7, 11) is 0. The van der Waals surface area contributed by atoms with Crippen molar-refractivity contribution in [2.24, 2.45) is 0 Å². The SMILES string of the molecule is Cc1cnc(CNCc2cncs2)s1. The van der Waals surface area contributed by atoms with E-state index in [-0.39, 0.29) is 0 Å². The lowest BCUT2D eigenvalue weighted by molar-refractivity contribution is 0.696. The van der Waals surface area contributed by atoms with Crippen molar-refractivity contribution in [2.45, 2.75) is 20.0 Å². The average molecular weight is 225 g/mol. The Morgan fingerprint density at radius 1 is 1.36 bits per heavy atom. The molecule has 0 aliphatic carbocycles. The topological polar surface area (TPSA) is 37.8 Å². The van der Waals surface area contributed by atoms with Gasteiger partial charge in [0.05, 0.1) is 5.51 Å². The zero-order chi connectivity index (χ0) is 9.80. The van der Waals surface area contributed by atoms with Crippen molar-refractivity contribution < 1.29 is 0 Å². The second kappa shape index (κ2) is 4.63. The van der Waals surface area contributed by atoms with Crippen LogP contribution >= 0.6 is 22.7 Å². The van der Waals surface area contributed by atoms with E-state index in [4.69, 9.17) is 0 Å². The first-order valence-corrected chi connectivity index (χ1v) is 6.03.